The molecular formula is C21H15ClN2O2. The van der Waals surface area contributed by atoms with Gasteiger partial charge in [-0.15, -0.1) is 0 Å². The van der Waals surface area contributed by atoms with Gasteiger partial charge in [0.25, 0.3) is 0 Å². The van der Waals surface area contributed by atoms with Crippen LogP contribution in [0.3, 0.4) is 0 Å². The standard InChI is InChI=1S/C21H15ClN2O2/c22-14-10-11-18-16(12-14)17(21(25)24-18)13-23-19-8-4-5-9-20(19)26-15-6-2-1-3-7-15/h1-13,24-25H. The topological polar surface area (TPSA) is 57.6 Å². The summed E-state index contributed by atoms with van der Waals surface area (Å²) in [6, 6.07) is 22.4. The van der Waals surface area contributed by atoms with Gasteiger partial charge in [0.05, 0.1) is 5.56 Å². The molecule has 2 N–H and O–H groups in total. The van der Waals surface area contributed by atoms with E-state index in [4.69, 9.17) is 16.3 Å². The van der Waals surface area contributed by atoms with Crippen molar-refractivity contribution in [3.05, 3.63) is 83.4 Å². The van der Waals surface area contributed by atoms with Crippen LogP contribution in [0.15, 0.2) is 77.8 Å². The minimum atomic E-state index is 0.0486. The minimum Gasteiger partial charge on any atom is -0.494 e. The number of aromatic hydroxyl groups is 1. The summed E-state index contributed by atoms with van der Waals surface area (Å²) in [4.78, 5) is 7.43. The second kappa shape index (κ2) is 6.94. The Labute approximate surface area is 155 Å². The van der Waals surface area contributed by atoms with E-state index < -0.39 is 0 Å². The van der Waals surface area contributed by atoms with Crippen LogP contribution in [0.5, 0.6) is 17.4 Å². The summed E-state index contributed by atoms with van der Waals surface area (Å²) in [5, 5.41) is 11.6. The summed E-state index contributed by atoms with van der Waals surface area (Å²) in [6.07, 6.45) is 1.61. The van der Waals surface area contributed by atoms with E-state index in [9.17, 15) is 5.11 Å². The molecule has 0 saturated heterocycles. The number of H-pyrrole nitrogens is 1. The quantitative estimate of drug-likeness (QED) is 0.433. The first-order chi connectivity index (χ1) is 12.7. The Balaban J connectivity index is 1.70. The first-order valence-electron chi connectivity index (χ1n) is 8.07. The molecule has 0 radical (unpaired) electrons. The normalized spacial score (nSPS) is 11.3. The van der Waals surface area contributed by atoms with Crippen LogP contribution >= 0.6 is 11.6 Å². The van der Waals surface area contributed by atoms with Gasteiger partial charge in [-0.05, 0) is 42.5 Å². The fourth-order valence-corrected chi connectivity index (χ4v) is 2.87. The Morgan fingerprint density at radius 1 is 0.962 bits per heavy atom. The molecule has 5 heteroatoms. The van der Waals surface area contributed by atoms with Gasteiger partial charge >= 0.3 is 0 Å². The first kappa shape index (κ1) is 16.2. The number of hydrogen-bond acceptors (Lipinski definition) is 3. The molecule has 0 aliphatic heterocycles. The van der Waals surface area contributed by atoms with Crippen molar-refractivity contribution in [2.75, 3.05) is 0 Å². The molecule has 128 valence electrons. The van der Waals surface area contributed by atoms with Crippen molar-refractivity contribution >= 4 is 34.4 Å². The molecule has 0 bridgehead atoms. The Hall–Kier alpha value is -3.24. The third kappa shape index (κ3) is 3.27. The van der Waals surface area contributed by atoms with Gasteiger partial charge in [-0.1, -0.05) is 41.9 Å². The Morgan fingerprint density at radius 3 is 2.58 bits per heavy atom. The molecule has 4 nitrogen and oxygen atoms in total. The zero-order chi connectivity index (χ0) is 17.9. The van der Waals surface area contributed by atoms with Crippen LogP contribution in [0.1, 0.15) is 5.56 Å². The van der Waals surface area contributed by atoms with Gasteiger partial charge in [0.15, 0.2) is 11.6 Å². The largest absolute Gasteiger partial charge is 0.494 e. The van der Waals surface area contributed by atoms with Crippen LogP contribution in [0.25, 0.3) is 10.9 Å². The van der Waals surface area contributed by atoms with Crippen LogP contribution in [0.2, 0.25) is 5.02 Å². The zero-order valence-electron chi connectivity index (χ0n) is 13.7. The smallest absolute Gasteiger partial charge is 0.198 e. The highest BCUT2D eigenvalue weighted by Gasteiger charge is 2.10. The van der Waals surface area contributed by atoms with E-state index in [0.717, 1.165) is 16.7 Å². The minimum absolute atomic E-state index is 0.0486. The molecule has 0 saturated carbocycles. The number of benzene rings is 3. The summed E-state index contributed by atoms with van der Waals surface area (Å²) >= 11 is 6.07. The van der Waals surface area contributed by atoms with Crippen molar-refractivity contribution in [2.45, 2.75) is 0 Å². The molecule has 3 aromatic carbocycles. The molecule has 1 aromatic heterocycles. The van der Waals surface area contributed by atoms with Crippen molar-refractivity contribution in [3.63, 3.8) is 0 Å². The fraction of sp³-hybridized carbons (Fsp3) is 0. The Bertz CT molecular complexity index is 1090. The van der Waals surface area contributed by atoms with E-state index in [2.05, 4.69) is 9.98 Å². The summed E-state index contributed by atoms with van der Waals surface area (Å²) in [5.41, 5.74) is 2.03. The lowest BCUT2D eigenvalue weighted by Gasteiger charge is -2.07. The third-order valence-corrected chi connectivity index (χ3v) is 4.18. The predicted molar refractivity (Wildman–Crippen MR) is 105 cm³/mol. The number of fused-ring (bicyclic) bond motifs is 1. The van der Waals surface area contributed by atoms with Crippen molar-refractivity contribution in [1.29, 1.82) is 0 Å². The number of hydrogen-bond donors (Lipinski definition) is 2. The van der Waals surface area contributed by atoms with E-state index in [1.54, 1.807) is 18.3 Å². The molecule has 0 aliphatic carbocycles. The number of nitrogens with one attached hydrogen (secondary N) is 1. The zero-order valence-corrected chi connectivity index (χ0v) is 14.4. The van der Waals surface area contributed by atoms with E-state index in [-0.39, 0.29) is 5.88 Å². The lowest BCUT2D eigenvalue weighted by molar-refractivity contribution is 0.457. The van der Waals surface area contributed by atoms with E-state index in [1.165, 1.54) is 0 Å². The highest BCUT2D eigenvalue weighted by atomic mass is 35.5. The maximum absolute atomic E-state index is 10.2. The SMILES string of the molecule is Oc1[nH]c2ccc(Cl)cc2c1C=Nc1ccccc1Oc1ccccc1. The van der Waals surface area contributed by atoms with Gasteiger partial charge in [0.2, 0.25) is 0 Å². The van der Waals surface area contributed by atoms with Crippen LogP contribution in [-0.2, 0) is 0 Å². The number of ether oxygens (including phenoxy) is 1. The van der Waals surface area contributed by atoms with E-state index in [0.29, 0.717) is 22.0 Å². The number of nitrogens with zero attached hydrogens (tertiary/aromatic N) is 1. The molecule has 0 unspecified atom stereocenters. The third-order valence-electron chi connectivity index (χ3n) is 3.95. The number of para-hydroxylation sites is 3. The summed E-state index contributed by atoms with van der Waals surface area (Å²) in [6.45, 7) is 0. The number of halogens is 1. The van der Waals surface area contributed by atoms with Gasteiger partial charge in [0.1, 0.15) is 11.4 Å². The second-order valence-electron chi connectivity index (χ2n) is 5.72. The molecular weight excluding hydrogens is 348 g/mol. The van der Waals surface area contributed by atoms with Crippen molar-refractivity contribution < 1.29 is 9.84 Å². The van der Waals surface area contributed by atoms with Gasteiger partial charge in [-0.25, -0.2) is 0 Å². The molecule has 26 heavy (non-hydrogen) atoms. The Kier molecular flexibility index (Phi) is 4.33. The van der Waals surface area contributed by atoms with E-state index in [1.807, 2.05) is 60.7 Å². The highest BCUT2D eigenvalue weighted by Crippen LogP contribution is 2.33. The van der Waals surface area contributed by atoms with Gasteiger partial charge < -0.3 is 14.8 Å². The molecule has 0 amide bonds. The highest BCUT2D eigenvalue weighted by molar-refractivity contribution is 6.31. The first-order valence-corrected chi connectivity index (χ1v) is 8.45. The molecule has 0 spiro atoms. The van der Waals surface area contributed by atoms with E-state index >= 15 is 0 Å². The van der Waals surface area contributed by atoms with Crippen LogP contribution in [0.4, 0.5) is 5.69 Å². The van der Waals surface area contributed by atoms with Crippen molar-refractivity contribution in [2.24, 2.45) is 4.99 Å². The molecule has 0 fully saturated rings. The van der Waals surface area contributed by atoms with Gasteiger partial charge in [-0.3, -0.25) is 4.99 Å². The second-order valence-corrected chi connectivity index (χ2v) is 6.15. The maximum Gasteiger partial charge on any atom is 0.198 e. The average Bonchev–Trinajstić information content (AvgIpc) is 2.96. The number of aliphatic imine (C=N–C) groups is 1. The summed E-state index contributed by atoms with van der Waals surface area (Å²) in [5.74, 6) is 1.41. The summed E-state index contributed by atoms with van der Waals surface area (Å²) < 4.78 is 5.91. The fourth-order valence-electron chi connectivity index (χ4n) is 2.70. The molecule has 1 heterocycles. The van der Waals surface area contributed by atoms with Gasteiger partial charge in [-0.2, -0.15) is 0 Å². The number of rotatable bonds is 4. The van der Waals surface area contributed by atoms with Crippen LogP contribution in [0, 0.1) is 0 Å². The van der Waals surface area contributed by atoms with Crippen molar-refractivity contribution in [1.82, 2.24) is 4.98 Å². The molecule has 4 rings (SSSR count). The number of aromatic nitrogens is 1. The van der Waals surface area contributed by atoms with Crippen LogP contribution in [-0.4, -0.2) is 16.3 Å². The lowest BCUT2D eigenvalue weighted by atomic mass is 10.2. The maximum atomic E-state index is 10.2. The molecule has 0 aliphatic rings. The van der Waals surface area contributed by atoms with Gasteiger partial charge in [0, 0.05) is 22.1 Å². The predicted octanol–water partition coefficient (Wildman–Crippen LogP) is 6.07. The Morgan fingerprint density at radius 2 is 1.73 bits per heavy atom. The van der Waals surface area contributed by atoms with Crippen molar-refractivity contribution in [3.8, 4) is 17.4 Å². The molecule has 4 aromatic rings. The summed E-state index contributed by atoms with van der Waals surface area (Å²) in [7, 11) is 0. The number of aromatic amines is 1. The molecule has 0 atom stereocenters. The average molecular weight is 363 g/mol. The lowest BCUT2D eigenvalue weighted by Crippen LogP contribution is -1.85. The monoisotopic (exact) mass is 362 g/mol. The van der Waals surface area contributed by atoms with Crippen LogP contribution < -0.4 is 4.74 Å².